The number of carboxylic acid groups (broad SMARTS) is 2. The Morgan fingerprint density at radius 2 is 1.76 bits per heavy atom. The normalized spacial score (nSPS) is 18.3. The largest absolute Gasteiger partial charge is 0.490 e. The molecule has 13 heteroatoms. The molecule has 0 bridgehead atoms. The number of halogens is 3. The number of piperazine rings is 1. The Kier molecular flexibility index (Phi) is 7.17. The summed E-state index contributed by atoms with van der Waals surface area (Å²) in [7, 11) is 0. The van der Waals surface area contributed by atoms with Crippen LogP contribution in [0.15, 0.2) is 29.6 Å². The number of alkyl halides is 3. The summed E-state index contributed by atoms with van der Waals surface area (Å²) in [4.78, 5) is 41.3. The number of fused-ring (bicyclic) bond motifs is 1. The zero-order valence-electron chi connectivity index (χ0n) is 18.3. The number of hydrogen-bond acceptors (Lipinski definition) is 6. The average Bonchev–Trinajstić information content (AvgIpc) is 3.39. The van der Waals surface area contributed by atoms with Gasteiger partial charge in [0.25, 0.3) is 0 Å². The minimum Gasteiger partial charge on any atom is -0.481 e. The third-order valence-corrected chi connectivity index (χ3v) is 6.49. The molecule has 2 aliphatic heterocycles. The van der Waals surface area contributed by atoms with E-state index in [-0.39, 0.29) is 12.1 Å². The van der Waals surface area contributed by atoms with Crippen molar-refractivity contribution in [2.45, 2.75) is 31.5 Å². The highest BCUT2D eigenvalue weighted by Gasteiger charge is 2.40. The first kappa shape index (κ1) is 25.4. The first-order chi connectivity index (χ1) is 15.8. The minimum atomic E-state index is -5.08. The van der Waals surface area contributed by atoms with Crippen molar-refractivity contribution in [3.63, 3.8) is 0 Å². The fourth-order valence-electron chi connectivity index (χ4n) is 3.48. The van der Waals surface area contributed by atoms with Crippen LogP contribution in [0.1, 0.15) is 19.4 Å². The second kappa shape index (κ2) is 9.58. The van der Waals surface area contributed by atoms with E-state index < -0.39 is 23.5 Å². The fourth-order valence-corrected chi connectivity index (χ4v) is 4.32. The molecule has 0 radical (unpaired) electrons. The Morgan fingerprint density at radius 1 is 1.15 bits per heavy atom. The molecule has 1 atom stereocenters. The van der Waals surface area contributed by atoms with E-state index in [0.717, 1.165) is 36.5 Å². The van der Waals surface area contributed by atoms with Crippen LogP contribution in [-0.2, 0) is 15.0 Å². The molecular weight excluding hydrogens is 477 g/mol. The molecule has 1 aromatic heterocycles. The monoisotopic (exact) mass is 500 g/mol. The van der Waals surface area contributed by atoms with Crippen molar-refractivity contribution in [2.24, 2.45) is 0 Å². The van der Waals surface area contributed by atoms with E-state index in [1.165, 1.54) is 11.3 Å². The van der Waals surface area contributed by atoms with Gasteiger partial charge in [0.05, 0.1) is 23.7 Å². The predicted molar refractivity (Wildman–Crippen MR) is 118 cm³/mol. The number of anilines is 1. The molecule has 2 saturated heterocycles. The summed E-state index contributed by atoms with van der Waals surface area (Å²) in [5.74, 6) is -3.61. The topological polar surface area (TPSA) is 123 Å². The Bertz CT molecular complexity index is 1070. The molecule has 2 fully saturated rings. The summed E-state index contributed by atoms with van der Waals surface area (Å²) in [6.07, 6.45) is -5.08. The van der Waals surface area contributed by atoms with Gasteiger partial charge in [-0.2, -0.15) is 13.2 Å². The lowest BCUT2D eigenvalue weighted by Crippen LogP contribution is -2.49. The quantitative estimate of drug-likeness (QED) is 0.590. The van der Waals surface area contributed by atoms with Gasteiger partial charge in [0, 0.05) is 30.6 Å². The van der Waals surface area contributed by atoms with Crippen LogP contribution in [0.5, 0.6) is 0 Å². The van der Waals surface area contributed by atoms with E-state index in [9.17, 15) is 27.9 Å². The molecule has 0 aliphatic carbocycles. The summed E-state index contributed by atoms with van der Waals surface area (Å²) in [5, 5.41) is 22.5. The van der Waals surface area contributed by atoms with Crippen molar-refractivity contribution in [3.8, 4) is 11.3 Å². The van der Waals surface area contributed by atoms with E-state index >= 15 is 0 Å². The van der Waals surface area contributed by atoms with Crippen molar-refractivity contribution in [3.05, 3.63) is 35.2 Å². The number of nitrogens with one attached hydrogen (secondary N) is 1. The number of thiazole rings is 1. The van der Waals surface area contributed by atoms with Gasteiger partial charge in [0.15, 0.2) is 5.13 Å². The predicted octanol–water partition coefficient (Wildman–Crippen LogP) is 3.02. The van der Waals surface area contributed by atoms with Crippen LogP contribution in [0, 0.1) is 0 Å². The van der Waals surface area contributed by atoms with Crippen LogP contribution in [0.25, 0.3) is 11.3 Å². The van der Waals surface area contributed by atoms with Crippen LogP contribution < -0.4 is 10.2 Å². The van der Waals surface area contributed by atoms with Crippen molar-refractivity contribution in [2.75, 3.05) is 31.1 Å². The highest BCUT2D eigenvalue weighted by molar-refractivity contribution is 7.14. The van der Waals surface area contributed by atoms with E-state index in [2.05, 4.69) is 10.3 Å². The average molecular weight is 500 g/mol. The summed E-state index contributed by atoms with van der Waals surface area (Å²) in [5.41, 5.74) is 1.51. The number of urea groups is 1. The Balaban J connectivity index is 0.000000406. The number of carbonyl (C=O) groups excluding carboxylic acids is 1. The molecule has 0 saturated carbocycles. The van der Waals surface area contributed by atoms with Crippen LogP contribution in [0.2, 0.25) is 0 Å². The van der Waals surface area contributed by atoms with Gasteiger partial charge in [0.1, 0.15) is 0 Å². The molecule has 2 amide bonds. The summed E-state index contributed by atoms with van der Waals surface area (Å²) in [6, 6.07) is 7.66. The highest BCUT2D eigenvalue weighted by atomic mass is 32.1. The number of carbonyl (C=O) groups is 3. The maximum absolute atomic E-state index is 12.6. The highest BCUT2D eigenvalue weighted by Crippen LogP contribution is 2.32. The first-order valence-corrected chi connectivity index (χ1v) is 11.1. The number of carboxylic acids is 2. The zero-order valence-corrected chi connectivity index (χ0v) is 19.1. The number of nitrogens with zero attached hydrogens (tertiary/aromatic N) is 3. The second-order valence-corrected chi connectivity index (χ2v) is 9.11. The molecular formula is C21H23F3N4O5S. The smallest absolute Gasteiger partial charge is 0.481 e. The van der Waals surface area contributed by atoms with Crippen molar-refractivity contribution in [1.29, 1.82) is 0 Å². The molecule has 1 aromatic carbocycles. The van der Waals surface area contributed by atoms with Gasteiger partial charge in [-0.1, -0.05) is 24.3 Å². The number of amides is 2. The van der Waals surface area contributed by atoms with Crippen molar-refractivity contribution < 1.29 is 37.8 Å². The maximum atomic E-state index is 12.6. The molecule has 3 N–H and O–H groups in total. The number of hydrogen-bond donors (Lipinski definition) is 3. The van der Waals surface area contributed by atoms with Gasteiger partial charge in [-0.15, -0.1) is 11.3 Å². The Labute approximate surface area is 196 Å². The van der Waals surface area contributed by atoms with Crippen LogP contribution in [-0.4, -0.2) is 76.5 Å². The molecule has 34 heavy (non-hydrogen) atoms. The van der Waals surface area contributed by atoms with Gasteiger partial charge in [-0.3, -0.25) is 9.69 Å². The van der Waals surface area contributed by atoms with Crippen molar-refractivity contribution >= 4 is 34.4 Å². The van der Waals surface area contributed by atoms with E-state index in [1.807, 2.05) is 34.5 Å². The fraction of sp³-hybridized carbons (Fsp3) is 0.429. The Hall–Kier alpha value is -3.19. The molecule has 0 spiro atoms. The van der Waals surface area contributed by atoms with Gasteiger partial charge in [-0.05, 0) is 19.4 Å². The maximum Gasteiger partial charge on any atom is 0.490 e. The van der Waals surface area contributed by atoms with E-state index in [1.54, 1.807) is 18.7 Å². The standard InChI is InChI=1S/C19H22N4O3S.C2HF3O2/c1-19(2,16(24)25)13-5-3-12(4-6-13)15-11-27-17(21-15)23-10-14-9-20-7-8-22(14)18(23)26;3-2(4,5)1(6)7/h3-6,11,14,20H,7-10H2,1-2H3,(H,24,25);(H,6,7)/t14-;/m0./s1. The lowest BCUT2D eigenvalue weighted by molar-refractivity contribution is -0.192. The molecule has 0 unspecified atom stereocenters. The van der Waals surface area contributed by atoms with E-state index in [0.29, 0.717) is 11.7 Å². The lowest BCUT2D eigenvalue weighted by Gasteiger charge is -2.28. The van der Waals surface area contributed by atoms with Gasteiger partial charge in [0.2, 0.25) is 0 Å². The molecule has 9 nitrogen and oxygen atoms in total. The number of aliphatic carboxylic acids is 2. The number of rotatable bonds is 4. The third-order valence-electron chi connectivity index (χ3n) is 5.62. The molecule has 2 aromatic rings. The first-order valence-electron chi connectivity index (χ1n) is 10.2. The lowest BCUT2D eigenvalue weighted by atomic mass is 9.84. The van der Waals surface area contributed by atoms with Crippen LogP contribution in [0.3, 0.4) is 0 Å². The van der Waals surface area contributed by atoms with Gasteiger partial charge < -0.3 is 20.4 Å². The molecule has 2 aliphatic rings. The van der Waals surface area contributed by atoms with Gasteiger partial charge >= 0.3 is 24.1 Å². The molecule has 4 rings (SSSR count). The molecule has 3 heterocycles. The zero-order chi connectivity index (χ0) is 25.3. The number of aromatic nitrogens is 1. The SMILES string of the molecule is CC(C)(C(=O)O)c1ccc(-c2csc(N3C[C@@H]4CNCCN4C3=O)n2)cc1.O=C(O)C(F)(F)F. The summed E-state index contributed by atoms with van der Waals surface area (Å²) in [6.45, 7) is 6.42. The summed E-state index contributed by atoms with van der Waals surface area (Å²) >= 11 is 1.46. The third kappa shape index (κ3) is 5.30. The second-order valence-electron chi connectivity index (χ2n) is 8.27. The summed E-state index contributed by atoms with van der Waals surface area (Å²) < 4.78 is 31.7. The van der Waals surface area contributed by atoms with Gasteiger partial charge in [-0.25, -0.2) is 14.6 Å². The molecule has 184 valence electrons. The van der Waals surface area contributed by atoms with Crippen LogP contribution >= 0.6 is 11.3 Å². The Morgan fingerprint density at radius 3 is 2.29 bits per heavy atom. The minimum absolute atomic E-state index is 0.0287. The number of benzene rings is 1. The van der Waals surface area contributed by atoms with E-state index in [4.69, 9.17) is 9.90 Å². The van der Waals surface area contributed by atoms with Crippen molar-refractivity contribution in [1.82, 2.24) is 15.2 Å². The van der Waals surface area contributed by atoms with Crippen LogP contribution in [0.4, 0.5) is 23.1 Å².